The van der Waals surface area contributed by atoms with Gasteiger partial charge in [0.05, 0.1) is 22.1 Å². The van der Waals surface area contributed by atoms with Crippen molar-refractivity contribution in [3.63, 3.8) is 0 Å². The molecule has 2 heterocycles. The van der Waals surface area contributed by atoms with Gasteiger partial charge in [-0.3, -0.25) is 4.79 Å². The van der Waals surface area contributed by atoms with Gasteiger partial charge in [0.2, 0.25) is 0 Å². The van der Waals surface area contributed by atoms with Gasteiger partial charge in [0.15, 0.2) is 5.82 Å². The van der Waals surface area contributed by atoms with Crippen LogP contribution in [0.2, 0.25) is 5.02 Å². The number of nitrogens with one attached hydrogen (secondary N) is 1. The molecule has 0 aliphatic carbocycles. The molecule has 1 amide bonds. The maximum atomic E-state index is 12.2. The highest BCUT2D eigenvalue weighted by atomic mass is 35.5. The molecule has 0 unspecified atom stereocenters. The summed E-state index contributed by atoms with van der Waals surface area (Å²) in [7, 11) is 0. The summed E-state index contributed by atoms with van der Waals surface area (Å²) in [5, 5.41) is 11.4. The topological polar surface area (TPSA) is 73.0 Å². The monoisotopic (exact) mass is 330 g/mol. The molecule has 2 aromatic heterocycles. The molecule has 0 radical (unpaired) electrons. The number of carbonyl (C=O) groups excluding carboxylic acids is 1. The molecule has 1 aromatic carbocycles. The SMILES string of the molecule is Cc1cc(NC(=O)c2ccc(-n3nc(C)c(Cl)c3C)cc2)no1. The number of aryl methyl sites for hydroxylation is 2. The largest absolute Gasteiger partial charge is 0.360 e. The number of anilines is 1. The third-order valence-electron chi connectivity index (χ3n) is 3.45. The number of benzene rings is 1. The van der Waals surface area contributed by atoms with Gasteiger partial charge in [0.1, 0.15) is 5.76 Å². The predicted molar refractivity (Wildman–Crippen MR) is 87.2 cm³/mol. The molecule has 0 atom stereocenters. The quantitative estimate of drug-likeness (QED) is 0.794. The van der Waals surface area contributed by atoms with Gasteiger partial charge in [-0.25, -0.2) is 4.68 Å². The number of nitrogens with zero attached hydrogens (tertiary/aromatic N) is 3. The smallest absolute Gasteiger partial charge is 0.256 e. The van der Waals surface area contributed by atoms with Crippen molar-refractivity contribution in [1.29, 1.82) is 0 Å². The molecular formula is C16H15ClN4O2. The van der Waals surface area contributed by atoms with E-state index in [1.165, 1.54) is 0 Å². The van der Waals surface area contributed by atoms with Crippen molar-refractivity contribution >= 4 is 23.3 Å². The Morgan fingerprint density at radius 3 is 2.43 bits per heavy atom. The predicted octanol–water partition coefficient (Wildman–Crippen LogP) is 3.69. The minimum Gasteiger partial charge on any atom is -0.360 e. The fourth-order valence-corrected chi connectivity index (χ4v) is 2.36. The number of amides is 1. The van der Waals surface area contributed by atoms with Crippen LogP contribution >= 0.6 is 11.6 Å². The fraction of sp³-hybridized carbons (Fsp3) is 0.188. The second-order valence-corrected chi connectivity index (χ2v) is 5.60. The molecule has 0 bridgehead atoms. The minimum atomic E-state index is -0.253. The lowest BCUT2D eigenvalue weighted by molar-refractivity contribution is 0.102. The standard InChI is InChI=1S/C16H15ClN4O2/c1-9-8-14(20-23-9)18-16(22)12-4-6-13(7-5-12)21-11(3)15(17)10(2)19-21/h4-8H,1-3H3,(H,18,20,22). The average Bonchev–Trinajstić information content (AvgIpc) is 3.06. The third kappa shape index (κ3) is 2.98. The van der Waals surface area contributed by atoms with E-state index in [1.54, 1.807) is 29.8 Å². The Hall–Kier alpha value is -2.60. The first-order valence-electron chi connectivity index (χ1n) is 7.02. The maximum absolute atomic E-state index is 12.2. The summed E-state index contributed by atoms with van der Waals surface area (Å²) >= 11 is 6.16. The summed E-state index contributed by atoms with van der Waals surface area (Å²) in [6, 6.07) is 8.74. The molecule has 0 saturated heterocycles. The molecule has 0 saturated carbocycles. The van der Waals surface area contributed by atoms with Crippen LogP contribution in [0.4, 0.5) is 5.82 Å². The van der Waals surface area contributed by atoms with Crippen molar-refractivity contribution in [2.45, 2.75) is 20.8 Å². The summed E-state index contributed by atoms with van der Waals surface area (Å²) in [6.07, 6.45) is 0. The van der Waals surface area contributed by atoms with E-state index in [0.29, 0.717) is 22.2 Å². The van der Waals surface area contributed by atoms with E-state index in [0.717, 1.165) is 17.1 Å². The van der Waals surface area contributed by atoms with E-state index in [2.05, 4.69) is 15.6 Å². The summed E-state index contributed by atoms with van der Waals surface area (Å²) in [5.41, 5.74) is 2.99. The van der Waals surface area contributed by atoms with Gasteiger partial charge in [0, 0.05) is 11.6 Å². The van der Waals surface area contributed by atoms with Crippen LogP contribution in [0, 0.1) is 20.8 Å². The Morgan fingerprint density at radius 2 is 1.91 bits per heavy atom. The summed E-state index contributed by atoms with van der Waals surface area (Å²) in [6.45, 7) is 5.51. The summed E-state index contributed by atoms with van der Waals surface area (Å²) in [5.74, 6) is 0.773. The van der Waals surface area contributed by atoms with E-state index in [1.807, 2.05) is 26.0 Å². The third-order valence-corrected chi connectivity index (χ3v) is 3.99. The Labute approximate surface area is 138 Å². The zero-order valence-electron chi connectivity index (χ0n) is 12.9. The minimum absolute atomic E-state index is 0.253. The van der Waals surface area contributed by atoms with Crippen molar-refractivity contribution in [1.82, 2.24) is 14.9 Å². The van der Waals surface area contributed by atoms with Crippen LogP contribution in [0.3, 0.4) is 0 Å². The maximum Gasteiger partial charge on any atom is 0.256 e. The van der Waals surface area contributed by atoms with Crippen molar-refractivity contribution < 1.29 is 9.32 Å². The van der Waals surface area contributed by atoms with Gasteiger partial charge in [-0.05, 0) is 45.0 Å². The summed E-state index contributed by atoms with van der Waals surface area (Å²) in [4.78, 5) is 12.2. The van der Waals surface area contributed by atoms with Crippen LogP contribution in [-0.4, -0.2) is 20.8 Å². The first-order chi connectivity index (χ1) is 11.0. The van der Waals surface area contributed by atoms with Crippen LogP contribution < -0.4 is 5.32 Å². The Morgan fingerprint density at radius 1 is 1.22 bits per heavy atom. The zero-order chi connectivity index (χ0) is 16.6. The number of aromatic nitrogens is 3. The first kappa shape index (κ1) is 15.3. The molecule has 23 heavy (non-hydrogen) atoms. The fourth-order valence-electron chi connectivity index (χ4n) is 2.24. The van der Waals surface area contributed by atoms with Crippen molar-refractivity contribution in [3.05, 3.63) is 58.1 Å². The molecule has 0 fully saturated rings. The lowest BCUT2D eigenvalue weighted by Crippen LogP contribution is -2.12. The average molecular weight is 331 g/mol. The number of halogens is 1. The number of rotatable bonds is 3. The van der Waals surface area contributed by atoms with Crippen molar-refractivity contribution in [2.75, 3.05) is 5.32 Å². The van der Waals surface area contributed by atoms with E-state index >= 15 is 0 Å². The molecule has 1 N–H and O–H groups in total. The van der Waals surface area contributed by atoms with Crippen molar-refractivity contribution in [3.8, 4) is 5.69 Å². The van der Waals surface area contributed by atoms with E-state index < -0.39 is 0 Å². The second-order valence-electron chi connectivity index (χ2n) is 5.22. The number of hydrogen-bond donors (Lipinski definition) is 1. The Kier molecular flexibility index (Phi) is 3.92. The van der Waals surface area contributed by atoms with Gasteiger partial charge < -0.3 is 9.84 Å². The Balaban J connectivity index is 1.81. The first-order valence-corrected chi connectivity index (χ1v) is 7.40. The van der Waals surface area contributed by atoms with Gasteiger partial charge in [-0.2, -0.15) is 5.10 Å². The van der Waals surface area contributed by atoms with Crippen LogP contribution in [0.25, 0.3) is 5.69 Å². The molecule has 0 aliphatic heterocycles. The highest BCUT2D eigenvalue weighted by Crippen LogP contribution is 2.22. The van der Waals surface area contributed by atoms with E-state index in [-0.39, 0.29) is 5.91 Å². The van der Waals surface area contributed by atoms with Crippen LogP contribution in [0.15, 0.2) is 34.9 Å². The van der Waals surface area contributed by atoms with Crippen LogP contribution in [0.5, 0.6) is 0 Å². The number of hydrogen-bond acceptors (Lipinski definition) is 4. The zero-order valence-corrected chi connectivity index (χ0v) is 13.7. The van der Waals surface area contributed by atoms with Gasteiger partial charge in [-0.15, -0.1) is 0 Å². The molecule has 7 heteroatoms. The lowest BCUT2D eigenvalue weighted by Gasteiger charge is -2.06. The van der Waals surface area contributed by atoms with Gasteiger partial charge in [-0.1, -0.05) is 16.8 Å². The molecular weight excluding hydrogens is 316 g/mol. The number of carbonyl (C=O) groups is 1. The highest BCUT2D eigenvalue weighted by molar-refractivity contribution is 6.31. The Bertz CT molecular complexity index is 865. The lowest BCUT2D eigenvalue weighted by atomic mass is 10.2. The van der Waals surface area contributed by atoms with E-state index in [9.17, 15) is 4.79 Å². The van der Waals surface area contributed by atoms with Gasteiger partial charge in [0.25, 0.3) is 5.91 Å². The van der Waals surface area contributed by atoms with E-state index in [4.69, 9.17) is 16.1 Å². The molecule has 3 rings (SSSR count). The van der Waals surface area contributed by atoms with Crippen molar-refractivity contribution in [2.24, 2.45) is 0 Å². The molecule has 6 nitrogen and oxygen atoms in total. The van der Waals surface area contributed by atoms with Crippen LogP contribution in [-0.2, 0) is 0 Å². The highest BCUT2D eigenvalue weighted by Gasteiger charge is 2.12. The molecule has 0 aliphatic rings. The second kappa shape index (κ2) is 5.89. The summed E-state index contributed by atoms with van der Waals surface area (Å²) < 4.78 is 6.67. The molecule has 118 valence electrons. The normalized spacial score (nSPS) is 10.8. The molecule has 3 aromatic rings. The van der Waals surface area contributed by atoms with Crippen LogP contribution in [0.1, 0.15) is 27.5 Å². The molecule has 0 spiro atoms. The van der Waals surface area contributed by atoms with Gasteiger partial charge >= 0.3 is 0 Å².